The Balaban J connectivity index is 1.54. The first-order chi connectivity index (χ1) is 16.3. The summed E-state index contributed by atoms with van der Waals surface area (Å²) in [6, 6.07) is 15.0. The Hall–Kier alpha value is -3.81. The summed E-state index contributed by atoms with van der Waals surface area (Å²) in [5.41, 5.74) is 8.91. The number of carboxylic acids is 1. The molecule has 178 valence electrons. The third-order valence-electron chi connectivity index (χ3n) is 6.53. The van der Waals surface area contributed by atoms with E-state index in [0.717, 1.165) is 35.1 Å². The van der Waals surface area contributed by atoms with Gasteiger partial charge in [0.1, 0.15) is 17.7 Å². The molecule has 1 aromatic heterocycles. The van der Waals surface area contributed by atoms with Crippen LogP contribution in [0.5, 0.6) is 5.75 Å². The number of rotatable bonds is 8. The summed E-state index contributed by atoms with van der Waals surface area (Å²) >= 11 is 0. The van der Waals surface area contributed by atoms with E-state index >= 15 is 0 Å². The standard InChI is InChI=1S/C26H31N5O3/c1-3-31-20(12-18-4-5-19(25(28)29)13-24(18)31)14-23(26(32)33)17-6-8-21(9-7-17)34-22-10-11-30(15-22)16(2)27/h4-9,12-13,22-23,27H,3,10-11,14-15H2,1-2H3,(H3,28,29)(H,32,33)/t22-,23?/m1/s1. The first kappa shape index (κ1) is 23.4. The monoisotopic (exact) mass is 461 g/mol. The average molecular weight is 462 g/mol. The Morgan fingerprint density at radius 2 is 1.94 bits per heavy atom. The normalized spacial score (nSPS) is 16.5. The van der Waals surface area contributed by atoms with Gasteiger partial charge in [-0.15, -0.1) is 0 Å². The molecule has 2 aromatic carbocycles. The van der Waals surface area contributed by atoms with Crippen molar-refractivity contribution in [3.8, 4) is 5.75 Å². The number of nitrogens with two attached hydrogens (primary N) is 1. The highest BCUT2D eigenvalue weighted by Crippen LogP contribution is 2.29. The van der Waals surface area contributed by atoms with Crippen LogP contribution in [0.25, 0.3) is 10.9 Å². The van der Waals surface area contributed by atoms with E-state index in [9.17, 15) is 9.90 Å². The summed E-state index contributed by atoms with van der Waals surface area (Å²) in [5.74, 6) is -0.303. The molecule has 5 N–H and O–H groups in total. The van der Waals surface area contributed by atoms with Crippen molar-refractivity contribution in [2.75, 3.05) is 13.1 Å². The molecule has 1 saturated heterocycles. The van der Waals surface area contributed by atoms with Crippen LogP contribution in [0.3, 0.4) is 0 Å². The number of benzene rings is 2. The van der Waals surface area contributed by atoms with Crippen LogP contribution >= 0.6 is 0 Å². The molecule has 1 aliphatic rings. The Kier molecular flexibility index (Phi) is 6.58. The number of hydrogen-bond acceptors (Lipinski definition) is 4. The molecule has 1 aliphatic heterocycles. The number of aliphatic carboxylic acids is 1. The lowest BCUT2D eigenvalue weighted by atomic mass is 9.94. The molecule has 8 heteroatoms. The summed E-state index contributed by atoms with van der Waals surface area (Å²) < 4.78 is 8.15. The Labute approximate surface area is 199 Å². The minimum Gasteiger partial charge on any atom is -0.489 e. The van der Waals surface area contributed by atoms with Crippen molar-refractivity contribution in [1.82, 2.24) is 9.47 Å². The van der Waals surface area contributed by atoms with Crippen LogP contribution in [0, 0.1) is 10.8 Å². The third-order valence-corrected chi connectivity index (χ3v) is 6.53. The van der Waals surface area contributed by atoms with Crippen molar-refractivity contribution in [1.29, 1.82) is 10.8 Å². The van der Waals surface area contributed by atoms with E-state index < -0.39 is 11.9 Å². The number of likely N-dealkylation sites (tertiary alicyclic amines) is 1. The van der Waals surface area contributed by atoms with E-state index in [2.05, 4.69) is 4.57 Å². The zero-order valence-corrected chi connectivity index (χ0v) is 19.5. The van der Waals surface area contributed by atoms with Crippen LogP contribution in [0.1, 0.15) is 43.0 Å². The molecule has 4 rings (SSSR count). The minimum atomic E-state index is -0.876. The number of aromatic nitrogens is 1. The highest BCUT2D eigenvalue weighted by molar-refractivity contribution is 5.98. The summed E-state index contributed by atoms with van der Waals surface area (Å²) in [6.07, 6.45) is 1.24. The van der Waals surface area contributed by atoms with Crippen molar-refractivity contribution in [2.45, 2.75) is 45.3 Å². The quantitative estimate of drug-likeness (QED) is 0.300. The second-order valence-corrected chi connectivity index (χ2v) is 8.79. The molecular weight excluding hydrogens is 430 g/mol. The number of nitrogen functional groups attached to an aromatic ring is 1. The number of nitrogens with one attached hydrogen (secondary N) is 2. The zero-order chi connectivity index (χ0) is 24.4. The number of amidine groups is 2. The number of ether oxygens (including phenoxy) is 1. The van der Waals surface area contributed by atoms with Gasteiger partial charge >= 0.3 is 5.97 Å². The highest BCUT2D eigenvalue weighted by atomic mass is 16.5. The van der Waals surface area contributed by atoms with E-state index in [1.165, 1.54) is 0 Å². The molecule has 0 spiro atoms. The predicted molar refractivity (Wildman–Crippen MR) is 133 cm³/mol. The smallest absolute Gasteiger partial charge is 0.311 e. The van der Waals surface area contributed by atoms with Gasteiger partial charge in [0, 0.05) is 42.7 Å². The van der Waals surface area contributed by atoms with Gasteiger partial charge < -0.3 is 25.0 Å². The largest absolute Gasteiger partial charge is 0.489 e. The van der Waals surface area contributed by atoms with E-state index in [4.69, 9.17) is 21.3 Å². The second kappa shape index (κ2) is 9.59. The lowest BCUT2D eigenvalue weighted by molar-refractivity contribution is -0.138. The molecule has 0 bridgehead atoms. The Morgan fingerprint density at radius 1 is 1.21 bits per heavy atom. The second-order valence-electron chi connectivity index (χ2n) is 8.79. The van der Waals surface area contributed by atoms with E-state index in [-0.39, 0.29) is 11.9 Å². The van der Waals surface area contributed by atoms with Gasteiger partial charge in [-0.05, 0) is 49.1 Å². The van der Waals surface area contributed by atoms with Gasteiger partial charge in [-0.2, -0.15) is 0 Å². The number of carbonyl (C=O) groups is 1. The molecule has 1 fully saturated rings. The van der Waals surface area contributed by atoms with Gasteiger partial charge in [-0.25, -0.2) is 0 Å². The summed E-state index contributed by atoms with van der Waals surface area (Å²) in [5, 5.41) is 26.5. The molecule has 0 amide bonds. The number of fused-ring (bicyclic) bond motifs is 1. The van der Waals surface area contributed by atoms with Crippen LogP contribution in [0.4, 0.5) is 0 Å². The lowest BCUT2D eigenvalue weighted by Gasteiger charge is -2.18. The van der Waals surface area contributed by atoms with Crippen LogP contribution in [0.2, 0.25) is 0 Å². The van der Waals surface area contributed by atoms with Crippen LogP contribution in [-0.4, -0.2) is 51.4 Å². The van der Waals surface area contributed by atoms with Crippen LogP contribution in [0.15, 0.2) is 48.5 Å². The summed E-state index contributed by atoms with van der Waals surface area (Å²) in [7, 11) is 0. The summed E-state index contributed by atoms with van der Waals surface area (Å²) in [6.45, 7) is 6.01. The van der Waals surface area contributed by atoms with Crippen molar-refractivity contribution < 1.29 is 14.6 Å². The fraction of sp³-hybridized carbons (Fsp3) is 0.346. The number of carboxylic acid groups (broad SMARTS) is 1. The van der Waals surface area contributed by atoms with Crippen molar-refractivity contribution in [2.24, 2.45) is 5.73 Å². The SMILES string of the molecule is CCn1c(CC(C(=O)O)c2ccc(O[C@@H]3CCN(C(C)=N)C3)cc2)cc2ccc(C(=N)N)cc21. The van der Waals surface area contributed by atoms with Gasteiger partial charge in [0.15, 0.2) is 0 Å². The lowest BCUT2D eigenvalue weighted by Crippen LogP contribution is -2.28. The van der Waals surface area contributed by atoms with Crippen molar-refractivity contribution in [3.05, 3.63) is 65.4 Å². The molecule has 34 heavy (non-hydrogen) atoms. The third kappa shape index (κ3) is 4.76. The molecule has 0 radical (unpaired) electrons. The molecule has 3 aromatic rings. The van der Waals surface area contributed by atoms with Gasteiger partial charge in [-0.3, -0.25) is 15.6 Å². The Morgan fingerprint density at radius 3 is 2.53 bits per heavy atom. The van der Waals surface area contributed by atoms with E-state index in [0.29, 0.717) is 36.7 Å². The van der Waals surface area contributed by atoms with Gasteiger partial charge in [0.25, 0.3) is 0 Å². The van der Waals surface area contributed by atoms with Crippen LogP contribution in [-0.2, 0) is 17.8 Å². The van der Waals surface area contributed by atoms with E-state index in [1.807, 2.05) is 60.4 Å². The fourth-order valence-corrected chi connectivity index (χ4v) is 4.68. The number of aryl methyl sites for hydroxylation is 1. The molecule has 0 aliphatic carbocycles. The minimum absolute atomic E-state index is 0.0105. The molecular formula is C26H31N5O3. The van der Waals surface area contributed by atoms with E-state index in [1.54, 1.807) is 6.92 Å². The topological polar surface area (TPSA) is 128 Å². The van der Waals surface area contributed by atoms with Gasteiger partial charge in [0.2, 0.25) is 0 Å². The van der Waals surface area contributed by atoms with Gasteiger partial charge in [0.05, 0.1) is 18.3 Å². The average Bonchev–Trinajstić information content (AvgIpc) is 3.41. The molecule has 0 saturated carbocycles. The maximum absolute atomic E-state index is 12.2. The predicted octanol–water partition coefficient (Wildman–Crippen LogP) is 3.81. The van der Waals surface area contributed by atoms with Crippen LogP contribution < -0.4 is 10.5 Å². The van der Waals surface area contributed by atoms with Crippen molar-refractivity contribution in [3.63, 3.8) is 0 Å². The Bertz CT molecular complexity index is 1230. The first-order valence-corrected chi connectivity index (χ1v) is 11.5. The number of hydrogen-bond donors (Lipinski definition) is 4. The fourth-order valence-electron chi connectivity index (χ4n) is 4.68. The molecule has 2 atom stereocenters. The molecule has 1 unspecified atom stereocenters. The molecule has 8 nitrogen and oxygen atoms in total. The maximum atomic E-state index is 12.2. The van der Waals surface area contributed by atoms with Crippen molar-refractivity contribution >= 4 is 28.5 Å². The summed E-state index contributed by atoms with van der Waals surface area (Å²) in [4.78, 5) is 14.2. The highest BCUT2D eigenvalue weighted by Gasteiger charge is 2.25. The number of nitrogens with zero attached hydrogens (tertiary/aromatic N) is 2. The first-order valence-electron chi connectivity index (χ1n) is 11.5. The van der Waals surface area contributed by atoms with Gasteiger partial charge in [-0.1, -0.05) is 24.3 Å². The maximum Gasteiger partial charge on any atom is 0.311 e. The molecule has 2 heterocycles. The zero-order valence-electron chi connectivity index (χ0n) is 19.5.